The molecule has 0 aliphatic carbocycles. The Morgan fingerprint density at radius 1 is 1.07 bits per heavy atom. The molecule has 0 spiro atoms. The zero-order valence-electron chi connectivity index (χ0n) is 17.3. The molecule has 160 valence electrons. The molecule has 0 radical (unpaired) electrons. The van der Waals surface area contributed by atoms with Crippen LogP contribution in [0.4, 0.5) is 5.69 Å². The maximum atomic E-state index is 12.1. The predicted octanol–water partition coefficient (Wildman–Crippen LogP) is 2.60. The Morgan fingerprint density at radius 2 is 1.83 bits per heavy atom. The Balaban J connectivity index is 1.33. The highest BCUT2D eigenvalue weighted by molar-refractivity contribution is 6.39. The number of hydrogen-bond donors (Lipinski definition) is 2. The van der Waals surface area contributed by atoms with Crippen LogP contribution in [-0.4, -0.2) is 56.6 Å². The number of nitrogens with zero attached hydrogens (tertiary/aromatic N) is 1. The van der Waals surface area contributed by atoms with E-state index in [-0.39, 0.29) is 6.10 Å². The average molecular weight is 412 g/mol. The summed E-state index contributed by atoms with van der Waals surface area (Å²) in [5.74, 6) is -0.826. The highest BCUT2D eigenvalue weighted by Crippen LogP contribution is 2.23. The number of rotatable bonds is 8. The van der Waals surface area contributed by atoms with Crippen molar-refractivity contribution in [3.63, 3.8) is 0 Å². The Bertz CT molecular complexity index is 828. The van der Waals surface area contributed by atoms with E-state index in [1.807, 2.05) is 18.2 Å². The van der Waals surface area contributed by atoms with E-state index in [2.05, 4.69) is 27.7 Å². The molecule has 0 saturated carbocycles. The van der Waals surface area contributed by atoms with Crippen LogP contribution >= 0.6 is 0 Å². The van der Waals surface area contributed by atoms with Crippen LogP contribution in [0, 0.1) is 0 Å². The zero-order chi connectivity index (χ0) is 21.2. The van der Waals surface area contributed by atoms with Gasteiger partial charge in [0.05, 0.1) is 25.5 Å². The fourth-order valence-corrected chi connectivity index (χ4v) is 3.44. The van der Waals surface area contributed by atoms with E-state index in [9.17, 15) is 9.59 Å². The number of benzene rings is 2. The van der Waals surface area contributed by atoms with Crippen molar-refractivity contribution < 1.29 is 19.1 Å². The Hall–Kier alpha value is -2.90. The number of ether oxygens (including phenoxy) is 2. The van der Waals surface area contributed by atoms with E-state index < -0.39 is 11.8 Å². The molecule has 1 heterocycles. The summed E-state index contributed by atoms with van der Waals surface area (Å²) in [6.45, 7) is 3.91. The predicted molar refractivity (Wildman–Crippen MR) is 115 cm³/mol. The molecule has 0 aromatic heterocycles. The summed E-state index contributed by atoms with van der Waals surface area (Å²) in [5, 5.41) is 5.25. The molecular formula is C23H29N3O4. The monoisotopic (exact) mass is 411 g/mol. The molecule has 1 aliphatic heterocycles. The fraction of sp³-hybridized carbons (Fsp3) is 0.391. The number of anilines is 1. The van der Waals surface area contributed by atoms with Crippen LogP contribution in [0.5, 0.6) is 5.75 Å². The number of carbonyl (C=O) groups is 2. The van der Waals surface area contributed by atoms with E-state index in [1.165, 1.54) is 12.7 Å². The molecular weight excluding hydrogens is 382 g/mol. The summed E-state index contributed by atoms with van der Waals surface area (Å²) < 4.78 is 11.1. The first-order valence-electron chi connectivity index (χ1n) is 10.3. The van der Waals surface area contributed by atoms with Crippen LogP contribution in [0.3, 0.4) is 0 Å². The summed E-state index contributed by atoms with van der Waals surface area (Å²) in [4.78, 5) is 26.5. The van der Waals surface area contributed by atoms with E-state index >= 15 is 0 Å². The van der Waals surface area contributed by atoms with Crippen molar-refractivity contribution in [1.29, 1.82) is 0 Å². The minimum Gasteiger partial charge on any atom is -0.495 e. The topological polar surface area (TPSA) is 79.9 Å². The third-order valence-electron chi connectivity index (χ3n) is 5.07. The first-order chi connectivity index (χ1) is 14.7. The van der Waals surface area contributed by atoms with Gasteiger partial charge >= 0.3 is 11.8 Å². The van der Waals surface area contributed by atoms with Gasteiger partial charge in [-0.05, 0) is 37.1 Å². The third kappa shape index (κ3) is 6.30. The Kier molecular flexibility index (Phi) is 8.23. The summed E-state index contributed by atoms with van der Waals surface area (Å²) in [6, 6.07) is 17.2. The number of unbranched alkanes of at least 4 members (excludes halogenated alkanes) is 1. The number of methoxy groups -OCH3 is 1. The van der Waals surface area contributed by atoms with Crippen molar-refractivity contribution in [2.45, 2.75) is 18.9 Å². The quantitative estimate of drug-likeness (QED) is 0.516. The minimum atomic E-state index is -0.696. The van der Waals surface area contributed by atoms with Crippen LogP contribution in [0.25, 0.3) is 0 Å². The van der Waals surface area contributed by atoms with Gasteiger partial charge in [0.1, 0.15) is 5.75 Å². The summed E-state index contributed by atoms with van der Waals surface area (Å²) in [5.41, 5.74) is 1.68. The van der Waals surface area contributed by atoms with E-state index in [4.69, 9.17) is 9.47 Å². The highest BCUT2D eigenvalue weighted by atomic mass is 16.5. The molecule has 2 amide bonds. The number of para-hydroxylation sites is 2. The molecule has 1 aliphatic rings. The first kappa shape index (κ1) is 21.8. The van der Waals surface area contributed by atoms with Gasteiger partial charge in [0.25, 0.3) is 0 Å². The van der Waals surface area contributed by atoms with Crippen molar-refractivity contribution in [3.05, 3.63) is 60.2 Å². The molecule has 1 saturated heterocycles. The van der Waals surface area contributed by atoms with Crippen LogP contribution in [0.2, 0.25) is 0 Å². The second-order valence-electron chi connectivity index (χ2n) is 7.19. The van der Waals surface area contributed by atoms with E-state index in [0.717, 1.165) is 39.1 Å². The van der Waals surface area contributed by atoms with Crippen LogP contribution < -0.4 is 15.4 Å². The third-order valence-corrected chi connectivity index (χ3v) is 5.07. The van der Waals surface area contributed by atoms with Crippen LogP contribution in [0.15, 0.2) is 54.6 Å². The lowest BCUT2D eigenvalue weighted by molar-refractivity contribution is -0.136. The normalized spacial score (nSPS) is 16.6. The van der Waals surface area contributed by atoms with Gasteiger partial charge in [-0.25, -0.2) is 0 Å². The summed E-state index contributed by atoms with van der Waals surface area (Å²) >= 11 is 0. The second-order valence-corrected chi connectivity index (χ2v) is 7.19. The lowest BCUT2D eigenvalue weighted by atomic mass is 10.1. The zero-order valence-corrected chi connectivity index (χ0v) is 17.3. The molecule has 1 fully saturated rings. The minimum absolute atomic E-state index is 0.110. The molecule has 1 unspecified atom stereocenters. The standard InChI is InChI=1S/C23H29N3O4/c1-29-20-12-6-5-11-19(20)25-23(28)22(27)24-13-7-8-14-26-15-16-30-21(17-26)18-9-3-2-4-10-18/h2-6,9-12,21H,7-8,13-17H2,1H3,(H,24,27)(H,25,28). The summed E-state index contributed by atoms with van der Waals surface area (Å²) in [7, 11) is 1.52. The SMILES string of the molecule is COc1ccccc1NC(=O)C(=O)NCCCCN1CCOC(c2ccccc2)C1. The van der Waals surface area contributed by atoms with Gasteiger partial charge in [0, 0.05) is 19.6 Å². The largest absolute Gasteiger partial charge is 0.495 e. The lowest BCUT2D eigenvalue weighted by Gasteiger charge is -2.33. The average Bonchev–Trinajstić information content (AvgIpc) is 2.80. The van der Waals surface area contributed by atoms with Gasteiger partial charge in [-0.1, -0.05) is 42.5 Å². The van der Waals surface area contributed by atoms with Gasteiger partial charge in [-0.3, -0.25) is 14.5 Å². The van der Waals surface area contributed by atoms with Crippen LogP contribution in [0.1, 0.15) is 24.5 Å². The van der Waals surface area contributed by atoms with Crippen molar-refractivity contribution in [3.8, 4) is 5.75 Å². The lowest BCUT2D eigenvalue weighted by Crippen LogP contribution is -2.39. The molecule has 0 bridgehead atoms. The fourth-order valence-electron chi connectivity index (χ4n) is 3.44. The molecule has 2 aromatic rings. The van der Waals surface area contributed by atoms with E-state index in [0.29, 0.717) is 18.0 Å². The molecule has 7 heteroatoms. The molecule has 7 nitrogen and oxygen atoms in total. The van der Waals surface area contributed by atoms with Gasteiger partial charge in [-0.15, -0.1) is 0 Å². The van der Waals surface area contributed by atoms with Crippen molar-refractivity contribution in [2.24, 2.45) is 0 Å². The second kappa shape index (κ2) is 11.3. The number of carbonyl (C=O) groups excluding carboxylic acids is 2. The summed E-state index contributed by atoms with van der Waals surface area (Å²) in [6.07, 6.45) is 1.86. The number of nitrogens with one attached hydrogen (secondary N) is 2. The highest BCUT2D eigenvalue weighted by Gasteiger charge is 2.21. The van der Waals surface area contributed by atoms with Gasteiger partial charge in [0.15, 0.2) is 0 Å². The van der Waals surface area contributed by atoms with Crippen LogP contribution in [-0.2, 0) is 14.3 Å². The maximum Gasteiger partial charge on any atom is 0.313 e. The number of morpholine rings is 1. The van der Waals surface area contributed by atoms with Crippen molar-refractivity contribution >= 4 is 17.5 Å². The molecule has 1 atom stereocenters. The number of amides is 2. The molecule has 3 rings (SSSR count). The molecule has 30 heavy (non-hydrogen) atoms. The smallest absolute Gasteiger partial charge is 0.313 e. The maximum absolute atomic E-state index is 12.1. The first-order valence-corrected chi connectivity index (χ1v) is 10.3. The number of hydrogen-bond acceptors (Lipinski definition) is 5. The van der Waals surface area contributed by atoms with E-state index in [1.54, 1.807) is 24.3 Å². The van der Waals surface area contributed by atoms with Crippen molar-refractivity contribution in [1.82, 2.24) is 10.2 Å². The Morgan fingerprint density at radius 3 is 2.63 bits per heavy atom. The molecule has 2 N–H and O–H groups in total. The van der Waals surface area contributed by atoms with Gasteiger partial charge in [-0.2, -0.15) is 0 Å². The van der Waals surface area contributed by atoms with Gasteiger partial charge in [0.2, 0.25) is 0 Å². The molecule has 2 aromatic carbocycles. The van der Waals surface area contributed by atoms with Gasteiger partial charge < -0.3 is 20.1 Å². The van der Waals surface area contributed by atoms with Crippen molar-refractivity contribution in [2.75, 3.05) is 45.2 Å². The Labute approximate surface area is 177 Å².